The van der Waals surface area contributed by atoms with Crippen LogP contribution in [0.2, 0.25) is 5.02 Å². The Hall–Kier alpha value is -1.71. The average molecular weight is 390 g/mol. The molecule has 27 heavy (non-hydrogen) atoms. The van der Waals surface area contributed by atoms with Crippen LogP contribution in [0.3, 0.4) is 0 Å². The van der Waals surface area contributed by atoms with Gasteiger partial charge >= 0.3 is 0 Å². The molecular weight excluding hydrogens is 358 g/mol. The van der Waals surface area contributed by atoms with Gasteiger partial charge < -0.3 is 9.47 Å². The summed E-state index contributed by atoms with van der Waals surface area (Å²) >= 11 is 6.35. The van der Waals surface area contributed by atoms with Crippen molar-refractivity contribution >= 4 is 11.6 Å². The number of para-hydroxylation sites is 1. The molecule has 4 heteroatoms. The lowest BCUT2D eigenvalue weighted by molar-refractivity contribution is 0.170. The first-order chi connectivity index (χ1) is 12.9. The Labute approximate surface area is 169 Å². The fraction of sp³-hybridized carbons (Fsp3) is 0.478. The Balaban J connectivity index is 2.48. The number of halogens is 1. The van der Waals surface area contributed by atoms with Crippen LogP contribution in [0.4, 0.5) is 0 Å². The molecule has 0 aliphatic heterocycles. The summed E-state index contributed by atoms with van der Waals surface area (Å²) < 4.78 is 11.3. The number of ether oxygens (including phenoxy) is 2. The van der Waals surface area contributed by atoms with Crippen LogP contribution < -0.4 is 9.47 Å². The maximum Gasteiger partial charge on any atom is 0.122 e. The average Bonchev–Trinajstić information content (AvgIpc) is 2.64. The Morgan fingerprint density at radius 2 is 1.44 bits per heavy atom. The van der Waals surface area contributed by atoms with Crippen molar-refractivity contribution in [3.05, 3.63) is 58.6 Å². The Morgan fingerprint density at radius 3 is 2.04 bits per heavy atom. The van der Waals surface area contributed by atoms with Gasteiger partial charge in [0.2, 0.25) is 0 Å². The van der Waals surface area contributed by atoms with Crippen LogP contribution in [0.5, 0.6) is 11.5 Å². The molecule has 2 aromatic carbocycles. The van der Waals surface area contributed by atoms with E-state index in [0.29, 0.717) is 12.1 Å². The van der Waals surface area contributed by atoms with Gasteiger partial charge in [0.25, 0.3) is 0 Å². The van der Waals surface area contributed by atoms with Crippen molar-refractivity contribution in [2.24, 2.45) is 0 Å². The monoisotopic (exact) mass is 389 g/mol. The van der Waals surface area contributed by atoms with Crippen LogP contribution in [0, 0.1) is 0 Å². The summed E-state index contributed by atoms with van der Waals surface area (Å²) in [5, 5.41) is 0.718. The van der Waals surface area contributed by atoms with Gasteiger partial charge in [0, 0.05) is 34.2 Å². The van der Waals surface area contributed by atoms with Crippen molar-refractivity contribution in [3.8, 4) is 11.5 Å². The van der Waals surface area contributed by atoms with Crippen molar-refractivity contribution in [3.63, 3.8) is 0 Å². The molecule has 0 heterocycles. The topological polar surface area (TPSA) is 21.7 Å². The van der Waals surface area contributed by atoms with E-state index >= 15 is 0 Å². The lowest BCUT2D eigenvalue weighted by Gasteiger charge is -2.32. The van der Waals surface area contributed by atoms with E-state index in [9.17, 15) is 0 Å². The summed E-state index contributed by atoms with van der Waals surface area (Å²) in [4.78, 5) is 2.51. The second-order valence-corrected chi connectivity index (χ2v) is 7.83. The lowest BCUT2D eigenvalue weighted by Crippen LogP contribution is -2.38. The van der Waals surface area contributed by atoms with E-state index < -0.39 is 0 Å². The first kappa shape index (κ1) is 21.6. The van der Waals surface area contributed by atoms with Gasteiger partial charge in [0.1, 0.15) is 11.5 Å². The zero-order chi connectivity index (χ0) is 20.0. The largest absolute Gasteiger partial charge is 0.496 e. The first-order valence-corrected chi connectivity index (χ1v) is 9.98. The molecule has 0 aliphatic carbocycles. The van der Waals surface area contributed by atoms with Crippen LogP contribution in [-0.2, 0) is 0 Å². The highest BCUT2D eigenvalue weighted by atomic mass is 35.5. The zero-order valence-electron chi connectivity index (χ0n) is 17.3. The predicted octanol–water partition coefficient (Wildman–Crippen LogP) is 6.00. The zero-order valence-corrected chi connectivity index (χ0v) is 18.1. The van der Waals surface area contributed by atoms with Gasteiger partial charge in [-0.2, -0.15) is 0 Å². The van der Waals surface area contributed by atoms with Gasteiger partial charge in [-0.25, -0.2) is 0 Å². The molecule has 0 N–H and O–H groups in total. The number of hydrogen-bond donors (Lipinski definition) is 0. The summed E-state index contributed by atoms with van der Waals surface area (Å²) in [5.74, 6) is 1.89. The third kappa shape index (κ3) is 5.40. The third-order valence-corrected chi connectivity index (χ3v) is 5.32. The molecule has 1 atom stereocenters. The molecule has 0 saturated carbocycles. The maximum atomic E-state index is 6.35. The number of methoxy groups -OCH3 is 2. The summed E-state index contributed by atoms with van der Waals surface area (Å²) in [6.07, 6.45) is 0.952. The van der Waals surface area contributed by atoms with E-state index in [2.05, 4.69) is 44.7 Å². The fourth-order valence-electron chi connectivity index (χ4n) is 3.80. The normalized spacial score (nSPS) is 12.7. The minimum absolute atomic E-state index is 0.134. The van der Waals surface area contributed by atoms with Crippen molar-refractivity contribution in [1.82, 2.24) is 4.90 Å². The van der Waals surface area contributed by atoms with Gasteiger partial charge in [0.05, 0.1) is 14.2 Å². The third-order valence-electron chi connectivity index (χ3n) is 5.08. The number of rotatable bonds is 9. The molecule has 0 aliphatic rings. The molecule has 0 radical (unpaired) electrons. The molecular formula is C23H32ClNO2. The molecule has 1 unspecified atom stereocenters. The van der Waals surface area contributed by atoms with Crippen molar-refractivity contribution < 1.29 is 9.47 Å². The van der Waals surface area contributed by atoms with E-state index in [1.807, 2.05) is 30.3 Å². The van der Waals surface area contributed by atoms with Gasteiger partial charge in [-0.3, -0.25) is 4.90 Å². The molecule has 0 saturated heterocycles. The van der Waals surface area contributed by atoms with Crippen LogP contribution in [0.1, 0.15) is 51.2 Å². The van der Waals surface area contributed by atoms with Crippen LogP contribution in [0.15, 0.2) is 42.5 Å². The van der Waals surface area contributed by atoms with Gasteiger partial charge in [0.15, 0.2) is 0 Å². The van der Waals surface area contributed by atoms with E-state index in [-0.39, 0.29) is 5.92 Å². The van der Waals surface area contributed by atoms with Gasteiger partial charge in [-0.15, -0.1) is 0 Å². The van der Waals surface area contributed by atoms with Crippen LogP contribution in [0.25, 0.3) is 0 Å². The fourth-order valence-corrected chi connectivity index (χ4v) is 3.98. The van der Waals surface area contributed by atoms with Gasteiger partial charge in [-0.05, 0) is 64.9 Å². The SMILES string of the molecule is COc1ccccc1C(CCN(C(C)C)C(C)C)c1cc(Cl)ccc1OC. The van der Waals surface area contributed by atoms with Gasteiger partial charge in [-0.1, -0.05) is 29.8 Å². The van der Waals surface area contributed by atoms with E-state index in [0.717, 1.165) is 40.6 Å². The van der Waals surface area contributed by atoms with E-state index in [4.69, 9.17) is 21.1 Å². The van der Waals surface area contributed by atoms with Crippen LogP contribution in [-0.4, -0.2) is 37.7 Å². The molecule has 2 rings (SSSR count). The molecule has 0 bridgehead atoms. The minimum atomic E-state index is 0.134. The maximum absolute atomic E-state index is 6.35. The quantitative estimate of drug-likeness (QED) is 0.525. The predicted molar refractivity (Wildman–Crippen MR) is 114 cm³/mol. The number of benzene rings is 2. The summed E-state index contributed by atoms with van der Waals surface area (Å²) in [5.41, 5.74) is 2.26. The summed E-state index contributed by atoms with van der Waals surface area (Å²) in [6.45, 7) is 9.97. The first-order valence-electron chi connectivity index (χ1n) is 9.61. The van der Waals surface area contributed by atoms with E-state index in [1.165, 1.54) is 0 Å². The molecule has 0 fully saturated rings. The highest BCUT2D eigenvalue weighted by Crippen LogP contribution is 2.40. The Bertz CT molecular complexity index is 722. The highest BCUT2D eigenvalue weighted by molar-refractivity contribution is 6.30. The van der Waals surface area contributed by atoms with E-state index in [1.54, 1.807) is 14.2 Å². The highest BCUT2D eigenvalue weighted by Gasteiger charge is 2.24. The van der Waals surface area contributed by atoms with Crippen molar-refractivity contribution in [2.75, 3.05) is 20.8 Å². The number of hydrogen-bond acceptors (Lipinski definition) is 3. The minimum Gasteiger partial charge on any atom is -0.496 e. The Kier molecular flexibility index (Phi) is 8.00. The van der Waals surface area contributed by atoms with Crippen LogP contribution >= 0.6 is 11.6 Å². The molecule has 0 amide bonds. The second kappa shape index (κ2) is 10.0. The molecule has 0 spiro atoms. The smallest absolute Gasteiger partial charge is 0.122 e. The lowest BCUT2D eigenvalue weighted by atomic mass is 9.86. The molecule has 2 aromatic rings. The molecule has 148 valence electrons. The van der Waals surface area contributed by atoms with Crippen molar-refractivity contribution in [1.29, 1.82) is 0 Å². The standard InChI is InChI=1S/C23H32ClNO2/c1-16(2)25(17(3)4)14-13-19(20-9-7-8-10-22(20)26-5)21-15-18(24)11-12-23(21)27-6/h7-12,15-17,19H,13-14H2,1-6H3. The van der Waals surface area contributed by atoms with Crippen molar-refractivity contribution in [2.45, 2.75) is 52.1 Å². The second-order valence-electron chi connectivity index (χ2n) is 7.39. The summed E-state index contributed by atoms with van der Waals surface area (Å²) in [6, 6.07) is 15.0. The molecule has 3 nitrogen and oxygen atoms in total. The molecule has 0 aromatic heterocycles. The number of nitrogens with zero attached hydrogens (tertiary/aromatic N) is 1. The summed E-state index contributed by atoms with van der Waals surface area (Å²) in [7, 11) is 3.43. The Morgan fingerprint density at radius 1 is 0.852 bits per heavy atom.